The van der Waals surface area contributed by atoms with Gasteiger partial charge in [-0.2, -0.15) is 4.31 Å². The predicted molar refractivity (Wildman–Crippen MR) is 106 cm³/mol. The van der Waals surface area contributed by atoms with Gasteiger partial charge in [-0.05, 0) is 61.4 Å². The molecule has 0 aliphatic rings. The lowest BCUT2D eigenvalue weighted by Gasteiger charge is -2.18. The monoisotopic (exact) mass is 488 g/mol. The molecule has 0 fully saturated rings. The van der Waals surface area contributed by atoms with Crippen LogP contribution in [0, 0.1) is 13.8 Å². The van der Waals surface area contributed by atoms with Gasteiger partial charge in [0.25, 0.3) is 0 Å². The molecule has 1 amide bonds. The van der Waals surface area contributed by atoms with Crippen molar-refractivity contribution in [3.05, 3.63) is 56.5 Å². The number of sulfonamides is 1. The number of amides is 1. The minimum absolute atomic E-state index is 0.141. The van der Waals surface area contributed by atoms with E-state index in [-0.39, 0.29) is 11.4 Å². The third-order valence-electron chi connectivity index (χ3n) is 3.65. The number of hydrogen-bond donors (Lipinski definition) is 1. The van der Waals surface area contributed by atoms with Crippen LogP contribution in [-0.4, -0.2) is 32.2 Å². The number of nitrogens with zero attached hydrogens (tertiary/aromatic N) is 1. The van der Waals surface area contributed by atoms with Gasteiger partial charge in [0.2, 0.25) is 15.9 Å². The molecule has 25 heavy (non-hydrogen) atoms. The van der Waals surface area contributed by atoms with Gasteiger partial charge in [-0.25, -0.2) is 8.42 Å². The highest BCUT2D eigenvalue weighted by molar-refractivity contribution is 9.10. The van der Waals surface area contributed by atoms with E-state index < -0.39 is 15.9 Å². The molecule has 0 radical (unpaired) electrons. The van der Waals surface area contributed by atoms with E-state index in [9.17, 15) is 13.2 Å². The smallest absolute Gasteiger partial charge is 0.243 e. The van der Waals surface area contributed by atoms with Crippen molar-refractivity contribution < 1.29 is 13.2 Å². The van der Waals surface area contributed by atoms with Crippen LogP contribution in [-0.2, 0) is 14.8 Å². The molecule has 2 aromatic rings. The van der Waals surface area contributed by atoms with Gasteiger partial charge in [0.05, 0.1) is 11.4 Å². The molecular formula is C17H18Br2N2O3S. The van der Waals surface area contributed by atoms with Crippen LogP contribution in [0.5, 0.6) is 0 Å². The first-order valence-corrected chi connectivity index (χ1v) is 10.4. The van der Waals surface area contributed by atoms with Crippen molar-refractivity contribution in [2.75, 3.05) is 18.9 Å². The van der Waals surface area contributed by atoms with E-state index >= 15 is 0 Å². The minimum Gasteiger partial charge on any atom is -0.324 e. The van der Waals surface area contributed by atoms with E-state index in [2.05, 4.69) is 37.2 Å². The third-order valence-corrected chi connectivity index (χ3v) is 6.45. The van der Waals surface area contributed by atoms with E-state index in [1.165, 1.54) is 19.2 Å². The average molecular weight is 490 g/mol. The molecule has 2 rings (SSSR count). The Balaban J connectivity index is 2.14. The molecule has 0 aliphatic heterocycles. The number of hydrogen-bond acceptors (Lipinski definition) is 3. The third kappa shape index (κ3) is 4.91. The van der Waals surface area contributed by atoms with Crippen LogP contribution in [0.15, 0.2) is 50.2 Å². The molecule has 134 valence electrons. The van der Waals surface area contributed by atoms with Crippen molar-refractivity contribution in [3.63, 3.8) is 0 Å². The van der Waals surface area contributed by atoms with Crippen LogP contribution in [0.4, 0.5) is 5.69 Å². The van der Waals surface area contributed by atoms with Gasteiger partial charge in [0.15, 0.2) is 0 Å². The molecule has 5 nitrogen and oxygen atoms in total. The largest absolute Gasteiger partial charge is 0.324 e. The number of carbonyl (C=O) groups is 1. The zero-order valence-corrected chi connectivity index (χ0v) is 18.0. The normalized spacial score (nSPS) is 11.6. The molecule has 0 aromatic heterocycles. The lowest BCUT2D eigenvalue weighted by atomic mass is 10.1. The first-order valence-electron chi connectivity index (χ1n) is 7.40. The van der Waals surface area contributed by atoms with Gasteiger partial charge >= 0.3 is 0 Å². The molecule has 8 heteroatoms. The molecule has 1 N–H and O–H groups in total. The summed E-state index contributed by atoms with van der Waals surface area (Å²) < 4.78 is 27.8. The van der Waals surface area contributed by atoms with Crippen molar-refractivity contribution in [2.24, 2.45) is 0 Å². The number of anilines is 1. The Labute approximate surface area is 164 Å². The van der Waals surface area contributed by atoms with Gasteiger partial charge in [-0.15, -0.1) is 0 Å². The highest BCUT2D eigenvalue weighted by Gasteiger charge is 2.23. The van der Waals surface area contributed by atoms with Gasteiger partial charge < -0.3 is 5.32 Å². The molecule has 0 bridgehead atoms. The number of rotatable bonds is 5. The highest BCUT2D eigenvalue weighted by atomic mass is 79.9. The molecule has 0 spiro atoms. The fourth-order valence-electron chi connectivity index (χ4n) is 2.36. The van der Waals surface area contributed by atoms with E-state index in [1.807, 2.05) is 26.0 Å². The Kier molecular flexibility index (Phi) is 6.42. The van der Waals surface area contributed by atoms with Crippen LogP contribution in [0.2, 0.25) is 0 Å². The molecule has 0 atom stereocenters. The maximum atomic E-state index is 12.5. The minimum atomic E-state index is -3.73. The van der Waals surface area contributed by atoms with Crippen molar-refractivity contribution in [3.8, 4) is 0 Å². The Morgan fingerprint density at radius 1 is 1.04 bits per heavy atom. The van der Waals surface area contributed by atoms with E-state index in [0.29, 0.717) is 5.69 Å². The molecule has 2 aromatic carbocycles. The number of benzene rings is 2. The zero-order valence-electron chi connectivity index (χ0n) is 14.0. The Morgan fingerprint density at radius 3 is 2.08 bits per heavy atom. The Bertz CT molecular complexity index is 874. The summed E-state index contributed by atoms with van der Waals surface area (Å²) in [7, 11) is -2.34. The summed E-state index contributed by atoms with van der Waals surface area (Å²) in [6.45, 7) is 3.50. The first-order chi connectivity index (χ1) is 11.6. The van der Waals surface area contributed by atoms with Crippen LogP contribution in [0.3, 0.4) is 0 Å². The van der Waals surface area contributed by atoms with Gasteiger partial charge in [-0.1, -0.05) is 31.9 Å². The second-order valence-corrected chi connectivity index (χ2v) is 9.55. The summed E-state index contributed by atoms with van der Waals surface area (Å²) >= 11 is 6.68. The SMILES string of the molecule is Cc1cc(Br)cc(C)c1NC(=O)CN(C)S(=O)(=O)c1ccc(Br)cc1. The standard InChI is InChI=1S/C17H18Br2N2O3S/c1-11-8-14(19)9-12(2)17(11)20-16(22)10-21(3)25(23,24)15-6-4-13(18)5-7-15/h4-9H,10H2,1-3H3,(H,20,22). The zero-order chi connectivity index (χ0) is 18.8. The van der Waals surface area contributed by atoms with Crippen molar-refractivity contribution in [2.45, 2.75) is 18.7 Å². The highest BCUT2D eigenvalue weighted by Crippen LogP contribution is 2.25. The summed E-state index contributed by atoms with van der Waals surface area (Å²) in [6.07, 6.45) is 0. The van der Waals surface area contributed by atoms with Gasteiger partial charge in [-0.3, -0.25) is 4.79 Å². The van der Waals surface area contributed by atoms with Crippen molar-refractivity contribution in [1.82, 2.24) is 4.31 Å². The first kappa shape index (κ1) is 20.1. The van der Waals surface area contributed by atoms with E-state index in [0.717, 1.165) is 24.4 Å². The second kappa shape index (κ2) is 7.99. The molecule has 0 saturated heterocycles. The predicted octanol–water partition coefficient (Wildman–Crippen LogP) is 4.09. The van der Waals surface area contributed by atoms with Crippen LogP contribution in [0.25, 0.3) is 0 Å². The summed E-state index contributed by atoms with van der Waals surface area (Å²) in [5.74, 6) is -0.392. The van der Waals surface area contributed by atoms with Crippen molar-refractivity contribution in [1.29, 1.82) is 0 Å². The van der Waals surface area contributed by atoms with Crippen LogP contribution in [0.1, 0.15) is 11.1 Å². The van der Waals surface area contributed by atoms with Crippen LogP contribution >= 0.6 is 31.9 Å². The fourth-order valence-corrected chi connectivity index (χ4v) is 4.44. The average Bonchev–Trinajstić information content (AvgIpc) is 2.51. The van der Waals surface area contributed by atoms with E-state index in [4.69, 9.17) is 0 Å². The number of aryl methyl sites for hydroxylation is 2. The molecule has 0 heterocycles. The number of carbonyl (C=O) groups excluding carboxylic acids is 1. The molecule has 0 aliphatic carbocycles. The topological polar surface area (TPSA) is 66.5 Å². The number of likely N-dealkylation sites (N-methyl/N-ethyl adjacent to an activating group) is 1. The summed E-state index contributed by atoms with van der Waals surface area (Å²) in [5.41, 5.74) is 2.50. The van der Waals surface area contributed by atoms with Crippen LogP contribution < -0.4 is 5.32 Å². The summed E-state index contributed by atoms with van der Waals surface area (Å²) in [5, 5.41) is 2.80. The molecule has 0 unspecified atom stereocenters. The summed E-state index contributed by atoms with van der Waals surface area (Å²) in [6, 6.07) is 10.1. The molecule has 0 saturated carbocycles. The summed E-state index contributed by atoms with van der Waals surface area (Å²) in [4.78, 5) is 12.4. The van der Waals surface area contributed by atoms with Gasteiger partial charge in [0.1, 0.15) is 0 Å². The maximum Gasteiger partial charge on any atom is 0.243 e. The number of nitrogens with one attached hydrogen (secondary N) is 1. The number of halogens is 2. The van der Waals surface area contributed by atoms with Crippen molar-refractivity contribution >= 4 is 53.5 Å². The Morgan fingerprint density at radius 2 is 1.56 bits per heavy atom. The molecular weight excluding hydrogens is 472 g/mol. The lowest BCUT2D eigenvalue weighted by molar-refractivity contribution is -0.116. The lowest BCUT2D eigenvalue weighted by Crippen LogP contribution is -2.35. The van der Waals surface area contributed by atoms with Gasteiger partial charge in [0, 0.05) is 21.7 Å². The Hall–Kier alpha value is -1.22. The fraction of sp³-hybridized carbons (Fsp3) is 0.235. The maximum absolute atomic E-state index is 12.5. The quantitative estimate of drug-likeness (QED) is 0.687. The van der Waals surface area contributed by atoms with E-state index in [1.54, 1.807) is 12.1 Å². The second-order valence-electron chi connectivity index (χ2n) is 5.68.